The minimum absolute atomic E-state index is 0.0680. The molecule has 0 aromatic heterocycles. The van der Waals surface area contributed by atoms with Crippen LogP contribution in [0.2, 0.25) is 0 Å². The van der Waals surface area contributed by atoms with E-state index in [4.69, 9.17) is 9.31 Å². The molecule has 4 aliphatic rings. The van der Waals surface area contributed by atoms with Crippen molar-refractivity contribution in [2.75, 3.05) is 26.2 Å². The summed E-state index contributed by atoms with van der Waals surface area (Å²) >= 11 is 0. The lowest BCUT2D eigenvalue weighted by atomic mass is 9.74. The van der Waals surface area contributed by atoms with Crippen molar-refractivity contribution >= 4 is 63.8 Å². The summed E-state index contributed by atoms with van der Waals surface area (Å²) in [6.07, 6.45) is 8.98. The highest BCUT2D eigenvalue weighted by Gasteiger charge is 2.52. The van der Waals surface area contributed by atoms with Crippen molar-refractivity contribution in [1.82, 2.24) is 14.4 Å². The van der Waals surface area contributed by atoms with E-state index < -0.39 is 15.6 Å². The molecule has 245 valence electrons. The third-order valence-electron chi connectivity index (χ3n) is 7.48. The Hall–Kier alpha value is -2.56. The maximum atomic E-state index is 12.0. The molecule has 0 atom stereocenters. The molecule has 0 amide bonds. The van der Waals surface area contributed by atoms with Crippen LogP contribution in [0.15, 0.2) is 23.6 Å². The van der Waals surface area contributed by atoms with Gasteiger partial charge in [-0.05, 0) is 71.6 Å². The van der Waals surface area contributed by atoms with Gasteiger partial charge >= 0.3 is 37.6 Å². The Labute approximate surface area is 265 Å². The number of hydrogen-bond donors (Lipinski definition) is 0. The first-order valence-electron chi connectivity index (χ1n) is 14.4. The number of hydrogen-bond acceptors (Lipinski definition) is 12. The number of carbonyl (C=O) groups is 4. The second-order valence-electron chi connectivity index (χ2n) is 11.5. The number of ketones is 1. The number of rotatable bonds is 9. The fourth-order valence-corrected chi connectivity index (χ4v) is 4.95. The van der Waals surface area contributed by atoms with Gasteiger partial charge in [0.15, 0.2) is 0 Å². The molecule has 4 rings (SSSR count). The zero-order valence-corrected chi connectivity index (χ0v) is 26.6. The smallest absolute Gasteiger partial charge is 0.419 e. The second-order valence-corrected chi connectivity index (χ2v) is 13.1. The van der Waals surface area contributed by atoms with Gasteiger partial charge in [0.2, 0.25) is 0 Å². The molecule has 12 nitrogen and oxygen atoms in total. The number of allylic oxidation sites excluding steroid dienone is 2. The molecule has 0 aliphatic carbocycles. The second kappa shape index (κ2) is 16.8. The molecule has 0 N–H and O–H groups in total. The predicted octanol–water partition coefficient (Wildman–Crippen LogP) is 1.47. The molecular formula is C25H37B4F3N3O9S. The van der Waals surface area contributed by atoms with Crippen LogP contribution in [-0.2, 0) is 42.8 Å². The van der Waals surface area contributed by atoms with Crippen molar-refractivity contribution in [2.45, 2.75) is 82.9 Å². The van der Waals surface area contributed by atoms with Gasteiger partial charge in [0, 0.05) is 38.7 Å². The summed E-state index contributed by atoms with van der Waals surface area (Å²) < 4.78 is 73.4. The van der Waals surface area contributed by atoms with Gasteiger partial charge < -0.3 is 42.3 Å². The highest BCUT2D eigenvalue weighted by atomic mass is 32.2. The van der Waals surface area contributed by atoms with Gasteiger partial charge in [-0.3, -0.25) is 4.79 Å². The number of Topliss-reactive ketones (excluding diaryl/α,β-unsaturated/α-hetero) is 1. The van der Waals surface area contributed by atoms with Crippen LogP contribution in [-0.4, -0.2) is 119 Å². The molecule has 0 aromatic rings. The van der Waals surface area contributed by atoms with Crippen LogP contribution < -0.4 is 0 Å². The van der Waals surface area contributed by atoms with Gasteiger partial charge in [-0.1, -0.05) is 0 Å². The highest BCUT2D eigenvalue weighted by Crippen LogP contribution is 2.39. The molecular weight excluding hydrogens is 619 g/mol. The first-order chi connectivity index (χ1) is 20.9. The van der Waals surface area contributed by atoms with E-state index in [0.29, 0.717) is 32.1 Å². The van der Waals surface area contributed by atoms with Crippen molar-refractivity contribution in [2.24, 2.45) is 0 Å². The predicted molar refractivity (Wildman–Crippen MR) is 164 cm³/mol. The van der Waals surface area contributed by atoms with E-state index in [1.807, 2.05) is 38.7 Å². The molecule has 4 aliphatic heterocycles. The summed E-state index contributed by atoms with van der Waals surface area (Å²) in [5.74, 6) is -0.115. The molecule has 20 heteroatoms. The molecule has 3 radical (unpaired) electrons. The molecule has 4 heterocycles. The van der Waals surface area contributed by atoms with Crippen LogP contribution in [0.5, 0.6) is 0 Å². The van der Waals surface area contributed by atoms with E-state index in [-0.39, 0.29) is 36.3 Å². The minimum Gasteiger partial charge on any atom is -0.419 e. The Morgan fingerprint density at radius 1 is 0.844 bits per heavy atom. The van der Waals surface area contributed by atoms with Crippen LogP contribution in [0.25, 0.3) is 0 Å². The zero-order chi connectivity index (χ0) is 33.9. The number of nitrogens with zero attached hydrogens (tertiary/aromatic N) is 3. The normalized spacial score (nSPS) is 21.5. The van der Waals surface area contributed by atoms with Crippen molar-refractivity contribution in [3.8, 4) is 0 Å². The summed E-state index contributed by atoms with van der Waals surface area (Å²) in [6.45, 7) is 10.7. The van der Waals surface area contributed by atoms with E-state index in [2.05, 4.69) is 4.18 Å². The number of alkyl halides is 3. The Morgan fingerprint density at radius 2 is 1.36 bits per heavy atom. The summed E-state index contributed by atoms with van der Waals surface area (Å²) in [5, 5.41) is 0. The minimum atomic E-state index is -5.63. The first kappa shape index (κ1) is 38.6. The lowest BCUT2D eigenvalue weighted by Gasteiger charge is -2.32. The summed E-state index contributed by atoms with van der Waals surface area (Å²) in [5.41, 5.74) is -4.97. The fourth-order valence-electron chi connectivity index (χ4n) is 4.45. The standard InChI is InChI=1S/C12H20B2NO3.C7H8BF3NO4S.C6H9BNO2/c1-11(2)12(3,4)18-14(17-11)10-6-5-7-15(8-10)13-9-16;9-7(10,11)17(14,15)16-6-2-1-3-12(4-6)8-5-13;9-5-7-8-3-1-2-6(10)4-8/h8-9H,5-7H2,1-4H3;4-5H,1-3H2;5H,1-4H2. The van der Waals surface area contributed by atoms with Crippen molar-refractivity contribution in [3.63, 3.8) is 0 Å². The lowest BCUT2D eigenvalue weighted by Crippen LogP contribution is -2.41. The Balaban J connectivity index is 0.000000245. The number of carbonyl (C=O) groups excluding carboxylic acids is 4. The quantitative estimate of drug-likeness (QED) is 0.154. The van der Waals surface area contributed by atoms with Crippen molar-refractivity contribution in [3.05, 3.63) is 23.6 Å². The SMILES string of the molecule is CC1(C)OB(C2=CN([B]C=O)CCC2)OC1(C)C.O=C[B]N1C=C(OS(=O)(=O)C(F)(F)F)CCC1.O=C[B]N1CCCC(=O)C1. The third-order valence-corrected chi connectivity index (χ3v) is 8.48. The monoisotopic (exact) mass is 656 g/mol. The van der Waals surface area contributed by atoms with Crippen molar-refractivity contribution in [1.29, 1.82) is 0 Å². The molecule has 45 heavy (non-hydrogen) atoms. The lowest BCUT2D eigenvalue weighted by molar-refractivity contribution is -0.120. The Kier molecular flexibility index (Phi) is 14.5. The molecule has 0 aromatic carbocycles. The maximum Gasteiger partial charge on any atom is 0.534 e. The first-order valence-corrected chi connectivity index (χ1v) is 15.8. The summed E-state index contributed by atoms with van der Waals surface area (Å²) in [7, 11) is -1.88. The fraction of sp³-hybridized carbons (Fsp3) is 0.680. The highest BCUT2D eigenvalue weighted by molar-refractivity contribution is 7.87. The third kappa shape index (κ3) is 12.0. The van der Waals surface area contributed by atoms with Gasteiger partial charge in [0.25, 0.3) is 7.41 Å². The molecule has 2 saturated heterocycles. The van der Waals surface area contributed by atoms with Gasteiger partial charge in [0.05, 0.1) is 17.4 Å². The topological polar surface area (TPSA) is 140 Å². The average molecular weight is 656 g/mol. The van der Waals surface area contributed by atoms with E-state index in [9.17, 15) is 40.8 Å². The molecule has 2 fully saturated rings. The van der Waals surface area contributed by atoms with Crippen molar-refractivity contribution < 1.29 is 54.3 Å². The van der Waals surface area contributed by atoms with Gasteiger partial charge in [-0.2, -0.15) is 21.6 Å². The van der Waals surface area contributed by atoms with Crippen LogP contribution in [0.4, 0.5) is 13.2 Å². The van der Waals surface area contributed by atoms with E-state index in [1.54, 1.807) is 12.2 Å². The average Bonchev–Trinajstić information content (AvgIpc) is 3.16. The van der Waals surface area contributed by atoms with E-state index in [0.717, 1.165) is 63.8 Å². The molecule has 0 spiro atoms. The number of halogens is 3. The molecule has 0 saturated carbocycles. The van der Waals surface area contributed by atoms with Crippen LogP contribution in [0, 0.1) is 0 Å². The van der Waals surface area contributed by atoms with Gasteiger partial charge in [-0.25, -0.2) is 0 Å². The van der Waals surface area contributed by atoms with Gasteiger partial charge in [0.1, 0.15) is 23.9 Å². The zero-order valence-electron chi connectivity index (χ0n) is 25.8. The Morgan fingerprint density at radius 3 is 1.87 bits per heavy atom. The van der Waals surface area contributed by atoms with Gasteiger partial charge in [-0.15, -0.1) is 0 Å². The van der Waals surface area contributed by atoms with E-state index in [1.165, 1.54) is 12.2 Å². The Bertz CT molecular complexity index is 1200. The largest absolute Gasteiger partial charge is 0.534 e. The summed E-state index contributed by atoms with van der Waals surface area (Å²) in [4.78, 5) is 46.3. The van der Waals surface area contributed by atoms with Crippen LogP contribution in [0.1, 0.15) is 66.2 Å². The summed E-state index contributed by atoms with van der Waals surface area (Å²) in [6, 6.07) is 0. The van der Waals surface area contributed by atoms with E-state index >= 15 is 0 Å². The molecule has 0 unspecified atom stereocenters. The number of piperidine rings is 1. The molecule has 0 bridgehead atoms. The van der Waals surface area contributed by atoms with Crippen LogP contribution >= 0.6 is 0 Å². The van der Waals surface area contributed by atoms with Crippen LogP contribution in [0.3, 0.4) is 0 Å². The maximum absolute atomic E-state index is 12.0.